The SMILES string of the molecule is O=C(O)c1ccc(-c2cccc(F)c2)cc1Br. The lowest BCUT2D eigenvalue weighted by atomic mass is 10.0. The van der Waals surface area contributed by atoms with Crippen LogP contribution in [0.4, 0.5) is 4.39 Å². The molecular formula is C13H8BrFO2. The van der Waals surface area contributed by atoms with E-state index in [9.17, 15) is 9.18 Å². The maximum atomic E-state index is 13.1. The Balaban J connectivity index is 2.48. The van der Waals surface area contributed by atoms with Gasteiger partial charge in [-0.25, -0.2) is 9.18 Å². The zero-order valence-electron chi connectivity index (χ0n) is 8.65. The van der Waals surface area contributed by atoms with Crippen LogP contribution in [0.5, 0.6) is 0 Å². The Morgan fingerprint density at radius 2 is 1.82 bits per heavy atom. The summed E-state index contributed by atoms with van der Waals surface area (Å²) < 4.78 is 13.5. The molecule has 0 aliphatic carbocycles. The minimum absolute atomic E-state index is 0.185. The average Bonchev–Trinajstić information content (AvgIpc) is 2.28. The number of rotatable bonds is 2. The van der Waals surface area contributed by atoms with Crippen molar-refractivity contribution in [3.63, 3.8) is 0 Å². The van der Waals surface area contributed by atoms with Gasteiger partial charge >= 0.3 is 5.97 Å². The predicted octanol–water partition coefficient (Wildman–Crippen LogP) is 3.95. The quantitative estimate of drug-likeness (QED) is 0.910. The summed E-state index contributed by atoms with van der Waals surface area (Å²) in [4.78, 5) is 10.8. The van der Waals surface area contributed by atoms with Crippen LogP contribution < -0.4 is 0 Å². The number of carboxylic acid groups (broad SMARTS) is 1. The highest BCUT2D eigenvalue weighted by Crippen LogP contribution is 2.26. The molecule has 1 N–H and O–H groups in total. The van der Waals surface area contributed by atoms with Crippen molar-refractivity contribution in [1.29, 1.82) is 0 Å². The van der Waals surface area contributed by atoms with Crippen LogP contribution >= 0.6 is 15.9 Å². The summed E-state index contributed by atoms with van der Waals surface area (Å²) in [6, 6.07) is 11.0. The molecule has 0 saturated heterocycles. The van der Waals surface area contributed by atoms with Crippen LogP contribution in [-0.2, 0) is 0 Å². The highest BCUT2D eigenvalue weighted by Gasteiger charge is 2.09. The maximum absolute atomic E-state index is 13.1. The average molecular weight is 295 g/mol. The smallest absolute Gasteiger partial charge is 0.336 e. The first-order chi connectivity index (χ1) is 8.08. The fraction of sp³-hybridized carbons (Fsp3) is 0. The summed E-state index contributed by atoms with van der Waals surface area (Å²) in [6.07, 6.45) is 0. The number of hydrogen-bond acceptors (Lipinski definition) is 1. The number of hydrogen-bond donors (Lipinski definition) is 1. The molecule has 0 radical (unpaired) electrons. The highest BCUT2D eigenvalue weighted by molar-refractivity contribution is 9.10. The zero-order chi connectivity index (χ0) is 12.4. The van der Waals surface area contributed by atoms with Crippen LogP contribution in [0.1, 0.15) is 10.4 Å². The third kappa shape index (κ3) is 2.53. The molecule has 0 spiro atoms. The molecule has 0 saturated carbocycles. The third-order valence-corrected chi connectivity index (χ3v) is 3.01. The molecular weight excluding hydrogens is 287 g/mol. The summed E-state index contributed by atoms with van der Waals surface area (Å²) in [7, 11) is 0. The molecule has 86 valence electrons. The largest absolute Gasteiger partial charge is 0.478 e. The predicted molar refractivity (Wildman–Crippen MR) is 66.5 cm³/mol. The molecule has 0 aliphatic heterocycles. The Kier molecular flexibility index (Phi) is 3.24. The van der Waals surface area contributed by atoms with Crippen LogP contribution in [-0.4, -0.2) is 11.1 Å². The van der Waals surface area contributed by atoms with Crippen molar-refractivity contribution in [1.82, 2.24) is 0 Å². The second kappa shape index (κ2) is 4.67. The van der Waals surface area contributed by atoms with Crippen molar-refractivity contribution < 1.29 is 14.3 Å². The highest BCUT2D eigenvalue weighted by atomic mass is 79.9. The van der Waals surface area contributed by atoms with Crippen LogP contribution in [0.15, 0.2) is 46.9 Å². The van der Waals surface area contributed by atoms with Gasteiger partial charge < -0.3 is 5.11 Å². The molecule has 0 heterocycles. The summed E-state index contributed by atoms with van der Waals surface area (Å²) in [6.45, 7) is 0. The Bertz CT molecular complexity index is 581. The number of carboxylic acids is 1. The number of benzene rings is 2. The molecule has 0 fully saturated rings. The number of carbonyl (C=O) groups is 1. The lowest BCUT2D eigenvalue weighted by Gasteiger charge is -2.04. The standard InChI is InChI=1S/C13H8BrFO2/c14-12-7-9(4-5-11(12)13(16)17)8-2-1-3-10(15)6-8/h1-7H,(H,16,17). The molecule has 0 aliphatic rings. The van der Waals surface area contributed by atoms with Crippen LogP contribution in [0, 0.1) is 5.82 Å². The van der Waals surface area contributed by atoms with Gasteiger partial charge in [0, 0.05) is 4.47 Å². The first kappa shape index (κ1) is 11.8. The molecule has 0 amide bonds. The van der Waals surface area contributed by atoms with Crippen molar-refractivity contribution in [2.45, 2.75) is 0 Å². The van der Waals surface area contributed by atoms with E-state index in [0.29, 0.717) is 10.0 Å². The Hall–Kier alpha value is -1.68. The van der Waals surface area contributed by atoms with Crippen molar-refractivity contribution in [3.8, 4) is 11.1 Å². The number of halogens is 2. The molecule has 4 heteroatoms. The van der Waals surface area contributed by atoms with Crippen LogP contribution in [0.2, 0.25) is 0 Å². The van der Waals surface area contributed by atoms with Gasteiger partial charge in [0.2, 0.25) is 0 Å². The molecule has 0 aromatic heterocycles. The van der Waals surface area contributed by atoms with E-state index in [-0.39, 0.29) is 11.4 Å². The monoisotopic (exact) mass is 294 g/mol. The van der Waals surface area contributed by atoms with Gasteiger partial charge in [-0.15, -0.1) is 0 Å². The molecule has 0 bridgehead atoms. The van der Waals surface area contributed by atoms with Crippen molar-refractivity contribution in [2.75, 3.05) is 0 Å². The van der Waals surface area contributed by atoms with E-state index in [1.54, 1.807) is 24.3 Å². The van der Waals surface area contributed by atoms with E-state index in [2.05, 4.69) is 15.9 Å². The zero-order valence-corrected chi connectivity index (χ0v) is 10.2. The minimum Gasteiger partial charge on any atom is -0.478 e. The normalized spacial score (nSPS) is 10.2. The molecule has 2 aromatic carbocycles. The van der Waals surface area contributed by atoms with Crippen LogP contribution in [0.3, 0.4) is 0 Å². The molecule has 0 atom stereocenters. The van der Waals surface area contributed by atoms with Gasteiger partial charge in [0.1, 0.15) is 5.82 Å². The first-order valence-corrected chi connectivity index (χ1v) is 5.66. The van der Waals surface area contributed by atoms with E-state index < -0.39 is 5.97 Å². The molecule has 0 unspecified atom stereocenters. The topological polar surface area (TPSA) is 37.3 Å². The maximum Gasteiger partial charge on any atom is 0.336 e. The second-order valence-electron chi connectivity index (χ2n) is 3.51. The van der Waals surface area contributed by atoms with Gasteiger partial charge in [0.15, 0.2) is 0 Å². The van der Waals surface area contributed by atoms with Gasteiger partial charge in [-0.1, -0.05) is 18.2 Å². The van der Waals surface area contributed by atoms with Gasteiger partial charge in [-0.3, -0.25) is 0 Å². The lowest BCUT2D eigenvalue weighted by molar-refractivity contribution is 0.0696. The fourth-order valence-corrected chi connectivity index (χ4v) is 2.08. The lowest BCUT2D eigenvalue weighted by Crippen LogP contribution is -1.97. The van der Waals surface area contributed by atoms with E-state index in [4.69, 9.17) is 5.11 Å². The summed E-state index contributed by atoms with van der Waals surface area (Å²) in [5, 5.41) is 8.88. The van der Waals surface area contributed by atoms with Crippen molar-refractivity contribution in [3.05, 3.63) is 58.3 Å². The van der Waals surface area contributed by atoms with Gasteiger partial charge in [-0.2, -0.15) is 0 Å². The van der Waals surface area contributed by atoms with Gasteiger partial charge in [-0.05, 0) is 51.3 Å². The first-order valence-electron chi connectivity index (χ1n) is 4.87. The summed E-state index contributed by atoms with van der Waals surface area (Å²) in [5.41, 5.74) is 1.66. The second-order valence-corrected chi connectivity index (χ2v) is 4.36. The Morgan fingerprint density at radius 3 is 2.41 bits per heavy atom. The minimum atomic E-state index is -0.998. The Morgan fingerprint density at radius 1 is 1.12 bits per heavy atom. The summed E-state index contributed by atoms with van der Waals surface area (Å²) in [5.74, 6) is -1.32. The van der Waals surface area contributed by atoms with Crippen molar-refractivity contribution >= 4 is 21.9 Å². The third-order valence-electron chi connectivity index (χ3n) is 2.36. The number of aromatic carboxylic acids is 1. The molecule has 17 heavy (non-hydrogen) atoms. The molecule has 2 aromatic rings. The van der Waals surface area contributed by atoms with E-state index >= 15 is 0 Å². The van der Waals surface area contributed by atoms with E-state index in [1.807, 2.05) is 0 Å². The molecule has 2 rings (SSSR count). The fourth-order valence-electron chi connectivity index (χ4n) is 1.54. The molecule has 2 nitrogen and oxygen atoms in total. The van der Waals surface area contributed by atoms with Gasteiger partial charge in [0.05, 0.1) is 5.56 Å². The Labute approximate surface area is 106 Å². The van der Waals surface area contributed by atoms with Gasteiger partial charge in [0.25, 0.3) is 0 Å². The van der Waals surface area contributed by atoms with E-state index in [1.165, 1.54) is 18.2 Å². The van der Waals surface area contributed by atoms with Crippen molar-refractivity contribution in [2.24, 2.45) is 0 Å². The van der Waals surface area contributed by atoms with Crippen LogP contribution in [0.25, 0.3) is 11.1 Å². The summed E-state index contributed by atoms with van der Waals surface area (Å²) >= 11 is 3.19. The van der Waals surface area contributed by atoms with E-state index in [0.717, 1.165) is 5.56 Å².